The minimum Gasteiger partial charge on any atom is -0.497 e. The molecular formula is C25H26N4O4S. The van der Waals surface area contributed by atoms with E-state index in [0.29, 0.717) is 35.5 Å². The SMILES string of the molecule is COc1ccc([C@@H]2C(C#N)=C(N)N(c3ccc(S(N)(=O)=O)cc3)C3=C2C(=O)CC(C)(C)C3)cc1. The number of hydrogen-bond donors (Lipinski definition) is 2. The molecule has 0 unspecified atom stereocenters. The van der Waals surface area contributed by atoms with E-state index in [1.807, 2.05) is 26.0 Å². The summed E-state index contributed by atoms with van der Waals surface area (Å²) >= 11 is 0. The third-order valence-electron chi connectivity index (χ3n) is 6.25. The predicted octanol–water partition coefficient (Wildman–Crippen LogP) is 3.28. The van der Waals surface area contributed by atoms with Crippen molar-refractivity contribution in [3.8, 4) is 11.8 Å². The average Bonchev–Trinajstić information content (AvgIpc) is 2.77. The second kappa shape index (κ2) is 8.31. The van der Waals surface area contributed by atoms with Crippen LogP contribution in [0.15, 0.2) is 76.1 Å². The smallest absolute Gasteiger partial charge is 0.238 e. The molecule has 0 fully saturated rings. The van der Waals surface area contributed by atoms with Crippen molar-refractivity contribution in [1.82, 2.24) is 0 Å². The number of carbonyl (C=O) groups is 1. The molecule has 34 heavy (non-hydrogen) atoms. The maximum absolute atomic E-state index is 13.5. The summed E-state index contributed by atoms with van der Waals surface area (Å²) in [7, 11) is -2.30. The van der Waals surface area contributed by atoms with E-state index in [0.717, 1.165) is 5.56 Å². The van der Waals surface area contributed by atoms with Crippen molar-refractivity contribution in [2.75, 3.05) is 12.0 Å². The maximum Gasteiger partial charge on any atom is 0.238 e. The summed E-state index contributed by atoms with van der Waals surface area (Å²) in [4.78, 5) is 15.2. The van der Waals surface area contributed by atoms with Crippen molar-refractivity contribution in [2.24, 2.45) is 16.3 Å². The maximum atomic E-state index is 13.5. The fraction of sp³-hybridized carbons (Fsp3) is 0.280. The number of methoxy groups -OCH3 is 1. The average molecular weight is 479 g/mol. The van der Waals surface area contributed by atoms with Gasteiger partial charge in [-0.15, -0.1) is 0 Å². The van der Waals surface area contributed by atoms with Gasteiger partial charge in [-0.2, -0.15) is 5.26 Å². The predicted molar refractivity (Wildman–Crippen MR) is 128 cm³/mol. The first-order valence-electron chi connectivity index (χ1n) is 10.7. The highest BCUT2D eigenvalue weighted by atomic mass is 32.2. The van der Waals surface area contributed by atoms with Crippen molar-refractivity contribution in [2.45, 2.75) is 37.5 Å². The molecule has 0 bridgehead atoms. The Morgan fingerprint density at radius 1 is 1.09 bits per heavy atom. The number of primary sulfonamides is 1. The Bertz CT molecular complexity index is 1370. The quantitative estimate of drug-likeness (QED) is 0.687. The van der Waals surface area contributed by atoms with Crippen molar-refractivity contribution >= 4 is 21.5 Å². The topological polar surface area (TPSA) is 140 Å². The number of anilines is 1. The van der Waals surface area contributed by atoms with Crippen LogP contribution in [0.5, 0.6) is 5.75 Å². The zero-order valence-electron chi connectivity index (χ0n) is 19.2. The van der Waals surface area contributed by atoms with E-state index < -0.39 is 15.9 Å². The number of rotatable bonds is 4. The molecule has 0 aromatic heterocycles. The molecular weight excluding hydrogens is 452 g/mol. The number of allylic oxidation sites excluding steroid dienone is 3. The lowest BCUT2D eigenvalue weighted by atomic mass is 9.68. The van der Waals surface area contributed by atoms with Crippen LogP contribution in [0.25, 0.3) is 0 Å². The molecule has 2 aromatic rings. The van der Waals surface area contributed by atoms with Crippen LogP contribution in [-0.4, -0.2) is 21.3 Å². The van der Waals surface area contributed by atoms with Crippen LogP contribution in [0, 0.1) is 16.7 Å². The van der Waals surface area contributed by atoms with Gasteiger partial charge in [0.2, 0.25) is 10.0 Å². The summed E-state index contributed by atoms with van der Waals surface area (Å²) in [5.74, 6) is 0.223. The van der Waals surface area contributed by atoms with Crippen LogP contribution in [0.1, 0.15) is 38.2 Å². The monoisotopic (exact) mass is 478 g/mol. The number of ketones is 1. The minimum absolute atomic E-state index is 0.0401. The van der Waals surface area contributed by atoms with Gasteiger partial charge >= 0.3 is 0 Å². The molecule has 0 spiro atoms. The van der Waals surface area contributed by atoms with Gasteiger partial charge in [0, 0.05) is 23.4 Å². The van der Waals surface area contributed by atoms with Crippen molar-refractivity contribution in [1.29, 1.82) is 5.26 Å². The van der Waals surface area contributed by atoms with Gasteiger partial charge in [-0.05, 0) is 53.8 Å². The Labute approximate surface area is 199 Å². The normalized spacial score (nSPS) is 20.1. The summed E-state index contributed by atoms with van der Waals surface area (Å²) in [5.41, 5.74) is 9.08. The Balaban J connectivity index is 1.94. The lowest BCUT2D eigenvalue weighted by Gasteiger charge is -2.43. The Hall–Kier alpha value is -3.61. The summed E-state index contributed by atoms with van der Waals surface area (Å²) in [6.45, 7) is 4.03. The number of ether oxygens (including phenoxy) is 1. The molecule has 0 radical (unpaired) electrons. The summed E-state index contributed by atoms with van der Waals surface area (Å²) in [6, 6.07) is 15.4. The van der Waals surface area contributed by atoms with Crippen LogP contribution in [0.4, 0.5) is 5.69 Å². The molecule has 1 atom stereocenters. The molecule has 2 aliphatic rings. The zero-order chi connectivity index (χ0) is 24.8. The summed E-state index contributed by atoms with van der Waals surface area (Å²) < 4.78 is 28.7. The molecule has 2 aromatic carbocycles. The third-order valence-corrected chi connectivity index (χ3v) is 7.18. The molecule has 0 amide bonds. The third kappa shape index (κ3) is 4.06. The number of carbonyl (C=O) groups excluding carboxylic acids is 1. The van der Waals surface area contributed by atoms with E-state index in [9.17, 15) is 18.5 Å². The second-order valence-electron chi connectivity index (χ2n) is 9.29. The number of nitrogens with zero attached hydrogens (tertiary/aromatic N) is 2. The van der Waals surface area contributed by atoms with Crippen LogP contribution in [0.2, 0.25) is 0 Å². The van der Waals surface area contributed by atoms with E-state index in [1.165, 1.54) is 12.1 Å². The van der Waals surface area contributed by atoms with Gasteiger partial charge in [0.05, 0.1) is 29.6 Å². The molecule has 1 aliphatic carbocycles. The number of hydrogen-bond acceptors (Lipinski definition) is 7. The number of nitrogens with two attached hydrogens (primary N) is 2. The van der Waals surface area contributed by atoms with E-state index in [2.05, 4.69) is 6.07 Å². The second-order valence-corrected chi connectivity index (χ2v) is 10.9. The Morgan fingerprint density at radius 2 is 1.71 bits per heavy atom. The highest BCUT2D eigenvalue weighted by Gasteiger charge is 2.44. The highest BCUT2D eigenvalue weighted by molar-refractivity contribution is 7.89. The standard InChI is InChI=1S/C25H26N4O4S/c1-25(2)12-20-23(21(30)13-25)22(15-4-8-17(33-3)9-5-15)19(14-26)24(27)29(20)16-6-10-18(11-7-16)34(28,31)32/h4-11,22H,12-13,27H2,1-3H3,(H2,28,31,32)/t22-/m1/s1. The van der Waals surface area contributed by atoms with Crippen LogP contribution in [-0.2, 0) is 14.8 Å². The number of benzene rings is 2. The number of nitriles is 1. The number of Topliss-reactive ketones (excluding diaryl/α,β-unsaturated/α-hetero) is 1. The lowest BCUT2D eigenvalue weighted by molar-refractivity contribution is -0.118. The van der Waals surface area contributed by atoms with Gasteiger partial charge in [0.25, 0.3) is 0 Å². The van der Waals surface area contributed by atoms with Gasteiger partial charge in [0.15, 0.2) is 5.78 Å². The summed E-state index contributed by atoms with van der Waals surface area (Å²) in [6.07, 6.45) is 0.895. The fourth-order valence-corrected chi connectivity index (χ4v) is 5.23. The number of sulfonamides is 1. The Morgan fingerprint density at radius 3 is 2.24 bits per heavy atom. The summed E-state index contributed by atoms with van der Waals surface area (Å²) in [5, 5.41) is 15.4. The van der Waals surface area contributed by atoms with Gasteiger partial charge in [-0.3, -0.25) is 9.69 Å². The molecule has 0 saturated carbocycles. The largest absolute Gasteiger partial charge is 0.497 e. The van der Waals surface area contributed by atoms with E-state index in [1.54, 1.807) is 36.3 Å². The van der Waals surface area contributed by atoms with Crippen molar-refractivity contribution in [3.63, 3.8) is 0 Å². The van der Waals surface area contributed by atoms with Gasteiger partial charge in [0.1, 0.15) is 11.6 Å². The zero-order valence-corrected chi connectivity index (χ0v) is 20.0. The van der Waals surface area contributed by atoms with E-state index in [4.69, 9.17) is 15.6 Å². The van der Waals surface area contributed by atoms with Crippen LogP contribution in [0.3, 0.4) is 0 Å². The molecule has 9 heteroatoms. The minimum atomic E-state index is -3.87. The first-order chi connectivity index (χ1) is 16.0. The first kappa shape index (κ1) is 23.5. The fourth-order valence-electron chi connectivity index (χ4n) is 4.72. The van der Waals surface area contributed by atoms with E-state index in [-0.39, 0.29) is 27.5 Å². The molecule has 0 saturated heterocycles. The molecule has 8 nitrogen and oxygen atoms in total. The van der Waals surface area contributed by atoms with Crippen molar-refractivity contribution in [3.05, 3.63) is 76.8 Å². The Kier molecular flexibility index (Phi) is 5.75. The molecule has 176 valence electrons. The lowest BCUT2D eigenvalue weighted by Crippen LogP contribution is -2.42. The van der Waals surface area contributed by atoms with Crippen molar-refractivity contribution < 1.29 is 17.9 Å². The van der Waals surface area contributed by atoms with Gasteiger partial charge in [-0.1, -0.05) is 26.0 Å². The molecule has 1 heterocycles. The van der Waals surface area contributed by atoms with E-state index >= 15 is 0 Å². The van der Waals surface area contributed by atoms with Gasteiger partial charge in [-0.25, -0.2) is 13.6 Å². The molecule has 1 aliphatic heterocycles. The first-order valence-corrected chi connectivity index (χ1v) is 12.2. The van der Waals surface area contributed by atoms with Crippen LogP contribution >= 0.6 is 0 Å². The molecule has 4 N–H and O–H groups in total. The van der Waals surface area contributed by atoms with Crippen LogP contribution < -0.4 is 20.5 Å². The highest BCUT2D eigenvalue weighted by Crippen LogP contribution is 2.50. The van der Waals surface area contributed by atoms with Gasteiger partial charge < -0.3 is 10.5 Å². The molecule has 4 rings (SSSR count).